The highest BCUT2D eigenvalue weighted by Gasteiger charge is 2.49. The molecule has 8 heteroatoms. The van der Waals surface area contributed by atoms with E-state index in [1.807, 2.05) is 50.2 Å². The van der Waals surface area contributed by atoms with Crippen molar-refractivity contribution >= 4 is 22.8 Å². The Kier molecular flexibility index (Phi) is 9.11. The number of ether oxygens (including phenoxy) is 1. The van der Waals surface area contributed by atoms with Crippen LogP contribution in [-0.2, 0) is 10.2 Å². The van der Waals surface area contributed by atoms with Crippen LogP contribution in [0.2, 0.25) is 0 Å². The first-order chi connectivity index (χ1) is 19.5. The zero-order chi connectivity index (χ0) is 31.1. The predicted molar refractivity (Wildman–Crippen MR) is 165 cm³/mol. The van der Waals surface area contributed by atoms with E-state index in [0.29, 0.717) is 6.42 Å². The molecule has 232 valence electrons. The maximum atomic E-state index is 13.7. The molecule has 0 spiro atoms. The molecule has 1 fully saturated rings. The van der Waals surface area contributed by atoms with Gasteiger partial charge in [-0.1, -0.05) is 20.8 Å². The van der Waals surface area contributed by atoms with Crippen molar-refractivity contribution in [2.45, 2.75) is 103 Å². The predicted octanol–water partition coefficient (Wildman–Crippen LogP) is 8.58. The number of nitrogens with one attached hydrogen (secondary N) is 2. The van der Waals surface area contributed by atoms with Crippen LogP contribution in [0.4, 0.5) is 30.2 Å². The number of nitrogens with zero attached hydrogens (tertiary/aromatic N) is 1. The molecule has 0 bridgehead atoms. The lowest BCUT2D eigenvalue weighted by molar-refractivity contribution is -0.264. The topological polar surface area (TPSA) is 53.6 Å². The minimum Gasteiger partial charge on any atom is -0.380 e. The van der Waals surface area contributed by atoms with Crippen LogP contribution < -0.4 is 10.6 Å². The molecule has 1 unspecified atom stereocenters. The first kappa shape index (κ1) is 32.3. The van der Waals surface area contributed by atoms with E-state index in [-0.39, 0.29) is 29.8 Å². The maximum Gasteiger partial charge on any atom is 0.416 e. The molecular formula is C34H48F3N3O2. The maximum absolute atomic E-state index is 13.7. The summed E-state index contributed by atoms with van der Waals surface area (Å²) in [6.07, 6.45) is -0.524. The van der Waals surface area contributed by atoms with E-state index in [2.05, 4.69) is 49.4 Å². The molecule has 4 rings (SSSR count). The van der Waals surface area contributed by atoms with Crippen molar-refractivity contribution in [2.24, 2.45) is 11.8 Å². The number of rotatable bonds is 12. The van der Waals surface area contributed by atoms with Gasteiger partial charge in [0.25, 0.3) is 0 Å². The zero-order valence-electron chi connectivity index (χ0n) is 26.4. The second-order valence-electron chi connectivity index (χ2n) is 13.8. The van der Waals surface area contributed by atoms with Gasteiger partial charge in [0, 0.05) is 41.3 Å². The molecular weight excluding hydrogens is 539 g/mol. The molecule has 0 aromatic heterocycles. The van der Waals surface area contributed by atoms with Crippen LogP contribution in [-0.4, -0.2) is 54.2 Å². The molecule has 1 saturated carbocycles. The third-order valence-electron chi connectivity index (χ3n) is 9.63. The Labute approximate surface area is 249 Å². The lowest BCUT2D eigenvalue weighted by Gasteiger charge is -2.47. The number of carbonyl (C=O) groups excluding carboxylic acids is 1. The molecule has 2 N–H and O–H groups in total. The molecule has 42 heavy (non-hydrogen) atoms. The van der Waals surface area contributed by atoms with Crippen molar-refractivity contribution < 1.29 is 22.7 Å². The van der Waals surface area contributed by atoms with Crippen LogP contribution in [0.5, 0.6) is 0 Å². The molecule has 2 aromatic carbocycles. The summed E-state index contributed by atoms with van der Waals surface area (Å²) in [4.78, 5) is 16.0. The largest absolute Gasteiger partial charge is 0.416 e. The quantitative estimate of drug-likeness (QED) is 0.261. The van der Waals surface area contributed by atoms with Gasteiger partial charge >= 0.3 is 6.18 Å². The molecule has 0 heterocycles. The second kappa shape index (κ2) is 11.8. The number of ketones is 1. The second-order valence-corrected chi connectivity index (χ2v) is 13.8. The fraction of sp³-hybridized carbons (Fsp3) is 0.618. The van der Waals surface area contributed by atoms with Crippen LogP contribution >= 0.6 is 0 Å². The number of likely N-dealkylation sites (N-methyl/N-ethyl adjacent to an activating group) is 1. The Hall–Kier alpha value is -2.58. The molecule has 0 saturated heterocycles. The molecule has 0 amide bonds. The van der Waals surface area contributed by atoms with Crippen molar-refractivity contribution in [3.05, 3.63) is 53.6 Å². The number of halogens is 3. The minimum absolute atomic E-state index is 0.0141. The third kappa shape index (κ3) is 6.96. The Morgan fingerprint density at radius 3 is 2.17 bits per heavy atom. The summed E-state index contributed by atoms with van der Waals surface area (Å²) in [5, 5.41) is 6.89. The smallest absolute Gasteiger partial charge is 0.380 e. The van der Waals surface area contributed by atoms with Crippen LogP contribution in [0.1, 0.15) is 90.1 Å². The van der Waals surface area contributed by atoms with Crippen LogP contribution in [0, 0.1) is 11.8 Å². The first-order valence-electron chi connectivity index (χ1n) is 15.2. The van der Waals surface area contributed by atoms with E-state index in [0.717, 1.165) is 60.9 Å². The Bertz CT molecular complexity index is 1250. The van der Waals surface area contributed by atoms with Gasteiger partial charge in [0.15, 0.2) is 11.4 Å². The minimum atomic E-state index is -4.41. The Morgan fingerprint density at radius 1 is 1.00 bits per heavy atom. The molecule has 0 radical (unpaired) electrons. The number of hydrogen-bond acceptors (Lipinski definition) is 5. The van der Waals surface area contributed by atoms with E-state index in [1.165, 1.54) is 12.8 Å². The van der Waals surface area contributed by atoms with E-state index in [1.54, 1.807) is 0 Å². The van der Waals surface area contributed by atoms with Gasteiger partial charge in [0.1, 0.15) is 0 Å². The number of carbonyl (C=O) groups is 1. The summed E-state index contributed by atoms with van der Waals surface area (Å²) in [5.74, 6) is 1.15. The molecule has 2 aliphatic rings. The summed E-state index contributed by atoms with van der Waals surface area (Å²) < 4.78 is 44.4. The van der Waals surface area contributed by atoms with Crippen LogP contribution in [0.15, 0.2) is 42.5 Å². The van der Waals surface area contributed by atoms with Crippen molar-refractivity contribution in [3.8, 4) is 0 Å². The number of alkyl halides is 3. The van der Waals surface area contributed by atoms with Crippen molar-refractivity contribution in [1.82, 2.24) is 4.90 Å². The Balaban J connectivity index is 1.43. The van der Waals surface area contributed by atoms with Gasteiger partial charge in [0.2, 0.25) is 0 Å². The van der Waals surface area contributed by atoms with Gasteiger partial charge in [-0.15, -0.1) is 0 Å². The van der Waals surface area contributed by atoms with Crippen molar-refractivity contribution in [1.29, 1.82) is 0 Å². The number of Topliss-reactive ketones (excluding diaryl/α,β-unsaturated/α-hetero) is 1. The zero-order valence-corrected chi connectivity index (χ0v) is 26.4. The SMILES string of the molecule is CC[C@@]1(C)c2cc(Nc3ccc(NC(C)(C)CCOC(C)(C)C(F)(F)F)cc3)ccc2C(=O)C(N(C)CC2CC2)[C@@H]1C. The van der Waals surface area contributed by atoms with Crippen molar-refractivity contribution in [2.75, 3.05) is 30.8 Å². The monoisotopic (exact) mass is 587 g/mol. The summed E-state index contributed by atoms with van der Waals surface area (Å²) in [7, 11) is 2.11. The molecule has 3 atom stereocenters. The number of hydrogen-bond donors (Lipinski definition) is 2. The summed E-state index contributed by atoms with van der Waals surface area (Å²) in [6, 6.07) is 13.8. The average molecular weight is 588 g/mol. The first-order valence-corrected chi connectivity index (χ1v) is 15.2. The molecule has 2 aromatic rings. The number of fused-ring (bicyclic) bond motifs is 1. The summed E-state index contributed by atoms with van der Waals surface area (Å²) >= 11 is 0. The van der Waals surface area contributed by atoms with Gasteiger partial charge < -0.3 is 15.4 Å². The molecule has 2 aliphatic carbocycles. The molecule has 5 nitrogen and oxygen atoms in total. The van der Waals surface area contributed by atoms with Crippen LogP contribution in [0.3, 0.4) is 0 Å². The lowest BCUT2D eigenvalue weighted by atomic mass is 9.61. The summed E-state index contributed by atoms with van der Waals surface area (Å²) in [6.45, 7) is 13.7. The fourth-order valence-corrected chi connectivity index (χ4v) is 6.11. The normalized spacial score (nSPS) is 23.2. The molecule has 0 aliphatic heterocycles. The summed E-state index contributed by atoms with van der Waals surface area (Å²) in [5.41, 5.74) is 1.88. The standard InChI is InChI=1S/C34H48F3N3O2/c1-9-33(7)22(2)29(40(8)21-23-10-11-23)30(41)27-17-16-26(20-28(27)33)38-24-12-14-25(15-13-24)39-31(3,4)18-19-42-32(5,6)34(35,36)37/h12-17,20,22-23,29,38-39H,9-11,18-19,21H2,1-8H3/t22-,29?,33+/m0/s1. The third-order valence-corrected chi connectivity index (χ3v) is 9.63. The van der Waals surface area contributed by atoms with Gasteiger partial charge in [-0.25, -0.2) is 0 Å². The highest BCUT2D eigenvalue weighted by Crippen LogP contribution is 2.46. The van der Waals surface area contributed by atoms with E-state index in [9.17, 15) is 18.0 Å². The van der Waals surface area contributed by atoms with E-state index < -0.39 is 17.3 Å². The average Bonchev–Trinajstić information content (AvgIpc) is 3.71. The van der Waals surface area contributed by atoms with E-state index >= 15 is 0 Å². The fourth-order valence-electron chi connectivity index (χ4n) is 6.11. The number of benzene rings is 2. The van der Waals surface area contributed by atoms with E-state index in [4.69, 9.17) is 4.74 Å². The van der Waals surface area contributed by atoms with Gasteiger partial charge in [-0.05, 0) is 126 Å². The van der Waals surface area contributed by atoms with Gasteiger partial charge in [-0.2, -0.15) is 13.2 Å². The lowest BCUT2D eigenvalue weighted by Crippen LogP contribution is -2.54. The van der Waals surface area contributed by atoms with Gasteiger partial charge in [0.05, 0.1) is 6.04 Å². The Morgan fingerprint density at radius 2 is 1.60 bits per heavy atom. The van der Waals surface area contributed by atoms with Crippen molar-refractivity contribution in [3.63, 3.8) is 0 Å². The highest BCUT2D eigenvalue weighted by atomic mass is 19.4. The van der Waals surface area contributed by atoms with Crippen LogP contribution in [0.25, 0.3) is 0 Å². The number of anilines is 3. The highest BCUT2D eigenvalue weighted by molar-refractivity contribution is 6.03. The van der Waals surface area contributed by atoms with Gasteiger partial charge in [-0.3, -0.25) is 9.69 Å².